The van der Waals surface area contributed by atoms with Gasteiger partial charge in [-0.25, -0.2) is 5.48 Å². The van der Waals surface area contributed by atoms with Crippen LogP contribution < -0.4 is 20.3 Å². The SMILES string of the molecule is COc1ccccc1Oc1ccc(S(=O)C2(C(=O)NO)CCC3(CCNCC3)C2)cc1. The molecule has 8 heteroatoms. The van der Waals surface area contributed by atoms with Gasteiger partial charge in [-0.15, -0.1) is 0 Å². The minimum absolute atomic E-state index is 0.000332. The number of nitrogens with one attached hydrogen (secondary N) is 2. The third-order valence-electron chi connectivity index (χ3n) is 6.59. The Hall–Kier alpha value is -2.42. The summed E-state index contributed by atoms with van der Waals surface area (Å²) in [5.41, 5.74) is 1.79. The molecule has 1 saturated carbocycles. The highest BCUT2D eigenvalue weighted by atomic mass is 32.2. The molecule has 2 aromatic carbocycles. The lowest BCUT2D eigenvalue weighted by atomic mass is 9.77. The van der Waals surface area contributed by atoms with Crippen molar-refractivity contribution in [2.45, 2.75) is 41.7 Å². The van der Waals surface area contributed by atoms with Crippen LogP contribution in [0.15, 0.2) is 53.4 Å². The molecule has 1 heterocycles. The largest absolute Gasteiger partial charge is 0.493 e. The minimum atomic E-state index is -1.61. The fourth-order valence-electron chi connectivity index (χ4n) is 4.86. The van der Waals surface area contributed by atoms with Gasteiger partial charge in [-0.2, -0.15) is 0 Å². The zero-order chi connectivity index (χ0) is 21.9. The topological polar surface area (TPSA) is 96.9 Å². The van der Waals surface area contributed by atoms with Gasteiger partial charge in [0.15, 0.2) is 11.5 Å². The lowest BCUT2D eigenvalue weighted by Crippen LogP contribution is -2.48. The molecule has 2 aromatic rings. The fraction of sp³-hybridized carbons (Fsp3) is 0.435. The highest BCUT2D eigenvalue weighted by Gasteiger charge is 2.56. The van der Waals surface area contributed by atoms with E-state index < -0.39 is 21.5 Å². The molecule has 2 fully saturated rings. The second-order valence-electron chi connectivity index (χ2n) is 8.36. The summed E-state index contributed by atoms with van der Waals surface area (Å²) in [4.78, 5) is 13.3. The monoisotopic (exact) mass is 444 g/mol. The van der Waals surface area contributed by atoms with Crippen LogP contribution in [0.2, 0.25) is 0 Å². The van der Waals surface area contributed by atoms with Crippen molar-refractivity contribution in [3.63, 3.8) is 0 Å². The number of piperidine rings is 1. The number of hydrogen-bond donors (Lipinski definition) is 3. The summed E-state index contributed by atoms with van der Waals surface area (Å²) in [7, 11) is -0.0283. The summed E-state index contributed by atoms with van der Waals surface area (Å²) < 4.78 is 23.7. The number of ether oxygens (including phenoxy) is 2. The molecule has 1 amide bonds. The predicted molar refractivity (Wildman–Crippen MR) is 117 cm³/mol. The van der Waals surface area contributed by atoms with Gasteiger partial charge < -0.3 is 14.8 Å². The highest BCUT2D eigenvalue weighted by molar-refractivity contribution is 7.87. The quantitative estimate of drug-likeness (QED) is 0.467. The van der Waals surface area contributed by atoms with E-state index in [9.17, 15) is 14.2 Å². The van der Waals surface area contributed by atoms with E-state index in [-0.39, 0.29) is 5.41 Å². The molecule has 7 nitrogen and oxygen atoms in total. The summed E-state index contributed by atoms with van der Waals surface area (Å²) >= 11 is 0. The number of amides is 1. The Kier molecular flexibility index (Phi) is 6.31. The van der Waals surface area contributed by atoms with E-state index in [0.29, 0.717) is 35.0 Å². The maximum atomic E-state index is 13.6. The van der Waals surface area contributed by atoms with Gasteiger partial charge in [0.05, 0.1) is 17.9 Å². The van der Waals surface area contributed by atoms with Crippen molar-refractivity contribution in [2.75, 3.05) is 20.2 Å². The van der Waals surface area contributed by atoms with Crippen LogP contribution in [0, 0.1) is 5.41 Å². The number of carbonyl (C=O) groups is 1. The molecule has 1 aliphatic carbocycles. The van der Waals surface area contributed by atoms with E-state index in [1.165, 1.54) is 0 Å². The maximum absolute atomic E-state index is 13.6. The average Bonchev–Trinajstić information content (AvgIpc) is 3.19. The van der Waals surface area contributed by atoms with Gasteiger partial charge in [0.1, 0.15) is 10.5 Å². The first-order valence-corrected chi connectivity index (χ1v) is 11.7. The number of benzene rings is 2. The molecule has 2 aliphatic rings. The van der Waals surface area contributed by atoms with Crippen molar-refractivity contribution < 1.29 is 23.7 Å². The van der Waals surface area contributed by atoms with Crippen LogP contribution in [0.1, 0.15) is 32.1 Å². The van der Waals surface area contributed by atoms with Crippen LogP contribution in [-0.2, 0) is 15.6 Å². The highest BCUT2D eigenvalue weighted by Crippen LogP contribution is 2.53. The Balaban J connectivity index is 1.56. The predicted octanol–water partition coefficient (Wildman–Crippen LogP) is 3.39. The molecule has 0 radical (unpaired) electrons. The second-order valence-corrected chi connectivity index (χ2v) is 10.1. The van der Waals surface area contributed by atoms with E-state index in [1.54, 1.807) is 36.9 Å². The van der Waals surface area contributed by atoms with Gasteiger partial charge in [-0.1, -0.05) is 12.1 Å². The van der Waals surface area contributed by atoms with E-state index in [0.717, 1.165) is 32.4 Å². The van der Waals surface area contributed by atoms with Crippen LogP contribution in [0.25, 0.3) is 0 Å². The summed E-state index contributed by atoms with van der Waals surface area (Å²) in [6.07, 6.45) is 3.75. The van der Waals surface area contributed by atoms with E-state index in [1.807, 2.05) is 24.3 Å². The van der Waals surface area contributed by atoms with Crippen LogP contribution in [-0.4, -0.2) is 40.3 Å². The Bertz CT molecular complexity index is 959. The van der Waals surface area contributed by atoms with Crippen molar-refractivity contribution in [3.8, 4) is 17.2 Å². The van der Waals surface area contributed by atoms with E-state index in [2.05, 4.69) is 5.32 Å². The maximum Gasteiger partial charge on any atom is 0.262 e. The molecular weight excluding hydrogens is 416 g/mol. The Labute approximate surface area is 184 Å². The van der Waals surface area contributed by atoms with Gasteiger partial charge in [0, 0.05) is 4.90 Å². The van der Waals surface area contributed by atoms with Crippen molar-refractivity contribution >= 4 is 16.7 Å². The Morgan fingerprint density at radius 2 is 1.71 bits per heavy atom. The first kappa shape index (κ1) is 21.8. The number of hydrogen-bond acceptors (Lipinski definition) is 6. The molecule has 0 bridgehead atoms. The Morgan fingerprint density at radius 1 is 1.03 bits per heavy atom. The summed E-state index contributed by atoms with van der Waals surface area (Å²) in [6.45, 7) is 1.80. The van der Waals surface area contributed by atoms with Crippen molar-refractivity contribution in [3.05, 3.63) is 48.5 Å². The Morgan fingerprint density at radius 3 is 2.35 bits per heavy atom. The standard InChI is InChI=1S/C23H28N2O5S/c1-29-19-4-2-3-5-20(19)30-17-6-8-18(9-7-17)31(28)23(21(26)25-27)11-10-22(16-23)12-14-24-15-13-22/h2-9,24,27H,10-16H2,1H3,(H,25,26). The lowest BCUT2D eigenvalue weighted by molar-refractivity contribution is -0.132. The van der Waals surface area contributed by atoms with Crippen LogP contribution >= 0.6 is 0 Å². The van der Waals surface area contributed by atoms with Crippen molar-refractivity contribution in [1.29, 1.82) is 0 Å². The molecule has 0 aromatic heterocycles. The molecule has 2 unspecified atom stereocenters. The van der Waals surface area contributed by atoms with Crippen LogP contribution in [0.4, 0.5) is 0 Å². The zero-order valence-corrected chi connectivity index (χ0v) is 18.4. The molecule has 31 heavy (non-hydrogen) atoms. The number of rotatable bonds is 6. The lowest BCUT2D eigenvalue weighted by Gasteiger charge is -2.36. The van der Waals surface area contributed by atoms with Gasteiger partial charge in [-0.05, 0) is 87.0 Å². The number of hydroxylamine groups is 1. The normalized spacial score (nSPS) is 23.3. The molecule has 2 atom stereocenters. The minimum Gasteiger partial charge on any atom is -0.493 e. The van der Waals surface area contributed by atoms with Crippen molar-refractivity contribution in [2.24, 2.45) is 5.41 Å². The van der Waals surface area contributed by atoms with E-state index in [4.69, 9.17) is 9.47 Å². The molecular formula is C23H28N2O5S. The summed E-state index contributed by atoms with van der Waals surface area (Å²) in [5.74, 6) is 1.22. The first-order valence-electron chi connectivity index (χ1n) is 10.5. The molecule has 166 valence electrons. The molecule has 1 spiro atoms. The summed E-state index contributed by atoms with van der Waals surface area (Å²) in [5, 5.41) is 12.8. The van der Waals surface area contributed by atoms with Gasteiger partial charge in [-0.3, -0.25) is 14.2 Å². The molecule has 3 N–H and O–H groups in total. The molecule has 1 saturated heterocycles. The van der Waals surface area contributed by atoms with Crippen LogP contribution in [0.5, 0.6) is 17.2 Å². The van der Waals surface area contributed by atoms with Gasteiger partial charge in [0.25, 0.3) is 5.91 Å². The third-order valence-corrected chi connectivity index (χ3v) is 8.53. The fourth-order valence-corrected chi connectivity index (χ4v) is 6.63. The molecule has 4 rings (SSSR count). The smallest absolute Gasteiger partial charge is 0.262 e. The third kappa shape index (κ3) is 4.20. The second kappa shape index (κ2) is 8.98. The number of carbonyl (C=O) groups excluding carboxylic acids is 1. The number of methoxy groups -OCH3 is 1. The zero-order valence-electron chi connectivity index (χ0n) is 17.6. The van der Waals surface area contributed by atoms with Crippen molar-refractivity contribution in [1.82, 2.24) is 10.8 Å². The van der Waals surface area contributed by atoms with Gasteiger partial charge >= 0.3 is 0 Å². The first-order chi connectivity index (χ1) is 15.0. The number of para-hydroxylation sites is 2. The average molecular weight is 445 g/mol. The van der Waals surface area contributed by atoms with Crippen LogP contribution in [0.3, 0.4) is 0 Å². The molecule has 1 aliphatic heterocycles. The van der Waals surface area contributed by atoms with E-state index >= 15 is 0 Å². The summed E-state index contributed by atoms with van der Waals surface area (Å²) in [6, 6.07) is 14.3. The van der Waals surface area contributed by atoms with Gasteiger partial charge in [0.2, 0.25) is 0 Å².